The largest absolute Gasteiger partial charge is 0.392 e. The molecule has 1 aromatic heterocycles. The van der Waals surface area contributed by atoms with Gasteiger partial charge in [0.25, 0.3) is 5.91 Å². The summed E-state index contributed by atoms with van der Waals surface area (Å²) in [7, 11) is 0. The van der Waals surface area contributed by atoms with Crippen molar-refractivity contribution < 1.29 is 9.90 Å². The third-order valence-electron chi connectivity index (χ3n) is 2.72. The van der Waals surface area contributed by atoms with Gasteiger partial charge in [0.2, 0.25) is 0 Å². The van der Waals surface area contributed by atoms with E-state index in [1.54, 1.807) is 23.8 Å². The first-order chi connectivity index (χ1) is 8.32. The van der Waals surface area contributed by atoms with Crippen molar-refractivity contribution in [3.63, 3.8) is 0 Å². The molecule has 0 fully saturated rings. The molecule has 0 bridgehead atoms. The molecule has 5 nitrogen and oxygen atoms in total. The highest BCUT2D eigenvalue weighted by molar-refractivity contribution is 6.31. The van der Waals surface area contributed by atoms with E-state index < -0.39 is 12.1 Å². The van der Waals surface area contributed by atoms with Crippen LogP contribution in [0, 0.1) is 0 Å². The number of nitrogens with one attached hydrogen (secondary N) is 1. The summed E-state index contributed by atoms with van der Waals surface area (Å²) in [5.41, 5.74) is 6.14. The van der Waals surface area contributed by atoms with Crippen LogP contribution in [0.25, 0.3) is 0 Å². The van der Waals surface area contributed by atoms with Crippen LogP contribution >= 0.6 is 11.6 Å². The molecule has 0 radical (unpaired) electrons. The standard InChI is InChI=1S/C12H20ClN3O2/c1-7(2)16-6-9(13)4-11(16)12(18)15-5-10(14)8(3)17/h4,6-8,10,17H,5,14H2,1-3H3,(H,15,18). The molecule has 0 saturated carbocycles. The molecule has 4 N–H and O–H groups in total. The van der Waals surface area contributed by atoms with Gasteiger partial charge in [-0.25, -0.2) is 0 Å². The third-order valence-corrected chi connectivity index (χ3v) is 2.93. The molecule has 0 aliphatic heterocycles. The van der Waals surface area contributed by atoms with E-state index in [2.05, 4.69) is 5.32 Å². The number of rotatable bonds is 5. The minimum atomic E-state index is -0.661. The number of aliphatic hydroxyl groups excluding tert-OH is 1. The van der Waals surface area contributed by atoms with Crippen molar-refractivity contribution in [3.8, 4) is 0 Å². The summed E-state index contributed by atoms with van der Waals surface area (Å²) < 4.78 is 1.80. The van der Waals surface area contributed by atoms with E-state index in [0.717, 1.165) is 0 Å². The summed E-state index contributed by atoms with van der Waals surface area (Å²) in [6.45, 7) is 5.74. The highest BCUT2D eigenvalue weighted by Gasteiger charge is 2.16. The normalized spacial score (nSPS) is 14.6. The number of aliphatic hydroxyl groups is 1. The lowest BCUT2D eigenvalue weighted by atomic mass is 10.2. The molecule has 6 heteroatoms. The minimum Gasteiger partial charge on any atom is -0.392 e. The molecule has 1 aromatic rings. The van der Waals surface area contributed by atoms with Crippen LogP contribution in [0.4, 0.5) is 0 Å². The van der Waals surface area contributed by atoms with E-state index in [1.807, 2.05) is 13.8 Å². The van der Waals surface area contributed by atoms with Crippen molar-refractivity contribution in [3.05, 3.63) is 23.0 Å². The molecule has 0 aliphatic carbocycles. The number of carbonyl (C=O) groups excluding carboxylic acids is 1. The van der Waals surface area contributed by atoms with Gasteiger partial charge in [-0.2, -0.15) is 0 Å². The summed E-state index contributed by atoms with van der Waals surface area (Å²) in [5, 5.41) is 12.5. The lowest BCUT2D eigenvalue weighted by Crippen LogP contribution is -2.44. The number of amides is 1. The maximum absolute atomic E-state index is 12.0. The van der Waals surface area contributed by atoms with Gasteiger partial charge in [0, 0.05) is 24.8 Å². The van der Waals surface area contributed by atoms with Gasteiger partial charge in [-0.15, -0.1) is 0 Å². The number of carbonyl (C=O) groups is 1. The Labute approximate surface area is 112 Å². The van der Waals surface area contributed by atoms with Gasteiger partial charge in [0.1, 0.15) is 5.69 Å². The van der Waals surface area contributed by atoms with Crippen LogP contribution in [0.3, 0.4) is 0 Å². The fourth-order valence-electron chi connectivity index (χ4n) is 1.53. The Hall–Kier alpha value is -1.04. The first-order valence-electron chi connectivity index (χ1n) is 5.92. The lowest BCUT2D eigenvalue weighted by molar-refractivity contribution is 0.0927. The molecule has 0 saturated heterocycles. The second-order valence-electron chi connectivity index (χ2n) is 4.66. The summed E-state index contributed by atoms with van der Waals surface area (Å²) in [6.07, 6.45) is 1.06. The molecule has 2 atom stereocenters. The van der Waals surface area contributed by atoms with Gasteiger partial charge in [0.05, 0.1) is 11.1 Å². The average Bonchev–Trinajstić information content (AvgIpc) is 2.67. The van der Waals surface area contributed by atoms with Crippen LogP contribution in [0.1, 0.15) is 37.3 Å². The van der Waals surface area contributed by atoms with E-state index >= 15 is 0 Å². The highest BCUT2D eigenvalue weighted by atomic mass is 35.5. The molecule has 1 heterocycles. The highest BCUT2D eigenvalue weighted by Crippen LogP contribution is 2.18. The number of nitrogens with zero attached hydrogens (tertiary/aromatic N) is 1. The maximum atomic E-state index is 12.0. The predicted octanol–water partition coefficient (Wildman–Crippen LogP) is 1.16. The topological polar surface area (TPSA) is 80.3 Å². The number of halogens is 1. The quantitative estimate of drug-likeness (QED) is 0.753. The van der Waals surface area contributed by atoms with Crippen LogP contribution in [0.15, 0.2) is 12.3 Å². The van der Waals surface area contributed by atoms with Gasteiger partial charge in [0.15, 0.2) is 0 Å². The van der Waals surface area contributed by atoms with Crippen LogP contribution < -0.4 is 11.1 Å². The summed E-state index contributed by atoms with van der Waals surface area (Å²) >= 11 is 5.90. The molecule has 102 valence electrons. The van der Waals surface area contributed by atoms with Gasteiger partial charge in [-0.3, -0.25) is 4.79 Å². The maximum Gasteiger partial charge on any atom is 0.268 e. The Kier molecular flexibility index (Phi) is 5.19. The number of nitrogens with two attached hydrogens (primary N) is 1. The average molecular weight is 274 g/mol. The Balaban J connectivity index is 2.72. The summed E-state index contributed by atoms with van der Waals surface area (Å²) in [4.78, 5) is 12.0. The predicted molar refractivity (Wildman–Crippen MR) is 71.8 cm³/mol. The summed E-state index contributed by atoms with van der Waals surface area (Å²) in [5.74, 6) is -0.244. The van der Waals surface area contributed by atoms with Crippen molar-refractivity contribution in [1.82, 2.24) is 9.88 Å². The van der Waals surface area contributed by atoms with Gasteiger partial charge >= 0.3 is 0 Å². The van der Waals surface area contributed by atoms with Crippen molar-refractivity contribution in [2.24, 2.45) is 5.73 Å². The Bertz CT molecular complexity index is 415. The molecule has 0 aliphatic rings. The lowest BCUT2D eigenvalue weighted by Gasteiger charge is -2.17. The smallest absolute Gasteiger partial charge is 0.268 e. The second-order valence-corrected chi connectivity index (χ2v) is 5.10. The van der Waals surface area contributed by atoms with Gasteiger partial charge in [-0.1, -0.05) is 11.6 Å². The number of hydrogen-bond donors (Lipinski definition) is 3. The van der Waals surface area contributed by atoms with E-state index in [9.17, 15) is 9.90 Å². The first kappa shape index (κ1) is 15.0. The number of hydrogen-bond acceptors (Lipinski definition) is 3. The molecule has 0 aromatic carbocycles. The van der Waals surface area contributed by atoms with Gasteiger partial charge < -0.3 is 20.7 Å². The zero-order valence-corrected chi connectivity index (χ0v) is 11.6. The fourth-order valence-corrected chi connectivity index (χ4v) is 1.74. The Morgan fingerprint density at radius 2 is 2.17 bits per heavy atom. The monoisotopic (exact) mass is 273 g/mol. The fraction of sp³-hybridized carbons (Fsp3) is 0.583. The van der Waals surface area contributed by atoms with Gasteiger partial charge in [-0.05, 0) is 26.8 Å². The van der Waals surface area contributed by atoms with Crippen molar-refractivity contribution in [2.45, 2.75) is 39.0 Å². The van der Waals surface area contributed by atoms with E-state index in [0.29, 0.717) is 10.7 Å². The minimum absolute atomic E-state index is 0.142. The van der Waals surface area contributed by atoms with E-state index in [-0.39, 0.29) is 18.5 Å². The molecule has 18 heavy (non-hydrogen) atoms. The Morgan fingerprint density at radius 3 is 2.67 bits per heavy atom. The Morgan fingerprint density at radius 1 is 1.56 bits per heavy atom. The SMILES string of the molecule is CC(O)C(N)CNC(=O)c1cc(Cl)cn1C(C)C. The van der Waals surface area contributed by atoms with E-state index in [1.165, 1.54) is 0 Å². The van der Waals surface area contributed by atoms with E-state index in [4.69, 9.17) is 17.3 Å². The second kappa shape index (κ2) is 6.22. The zero-order valence-electron chi connectivity index (χ0n) is 10.9. The first-order valence-corrected chi connectivity index (χ1v) is 6.30. The summed E-state index contributed by atoms with van der Waals surface area (Å²) in [6, 6.07) is 1.28. The van der Waals surface area contributed by atoms with Crippen molar-refractivity contribution >= 4 is 17.5 Å². The molecule has 2 unspecified atom stereocenters. The van der Waals surface area contributed by atoms with Crippen LogP contribution in [0.2, 0.25) is 5.02 Å². The molecule has 1 rings (SSSR count). The van der Waals surface area contributed by atoms with Crippen molar-refractivity contribution in [1.29, 1.82) is 0 Å². The number of aromatic nitrogens is 1. The van der Waals surface area contributed by atoms with Crippen molar-refractivity contribution in [2.75, 3.05) is 6.54 Å². The molecule has 0 spiro atoms. The molecular formula is C12H20ClN3O2. The van der Waals surface area contributed by atoms with Crippen LogP contribution in [0.5, 0.6) is 0 Å². The van der Waals surface area contributed by atoms with Crippen LogP contribution in [-0.4, -0.2) is 34.3 Å². The zero-order chi connectivity index (χ0) is 13.9. The molecular weight excluding hydrogens is 254 g/mol. The van der Waals surface area contributed by atoms with Crippen LogP contribution in [-0.2, 0) is 0 Å². The third kappa shape index (κ3) is 3.73. The molecule has 1 amide bonds.